The Bertz CT molecular complexity index is 1190. The lowest BCUT2D eigenvalue weighted by molar-refractivity contribution is -0.138. The highest BCUT2D eigenvalue weighted by Crippen LogP contribution is 2.49. The number of rotatable bonds is 5. The highest BCUT2D eigenvalue weighted by Gasteiger charge is 2.44. The molecule has 0 bridgehead atoms. The highest BCUT2D eigenvalue weighted by atomic mass is 16.5. The maximum absolute atomic E-state index is 13.7. The van der Waals surface area contributed by atoms with E-state index in [0.717, 1.165) is 49.8 Å². The summed E-state index contributed by atoms with van der Waals surface area (Å²) in [6.45, 7) is 3.67. The van der Waals surface area contributed by atoms with Gasteiger partial charge in [-0.1, -0.05) is 12.1 Å². The van der Waals surface area contributed by atoms with Gasteiger partial charge in [0.05, 0.1) is 41.8 Å². The number of ether oxygens (including phenoxy) is 2. The summed E-state index contributed by atoms with van der Waals surface area (Å²) in [5.41, 5.74) is 5.94. The quantitative estimate of drug-likeness (QED) is 0.594. The van der Waals surface area contributed by atoms with Crippen molar-refractivity contribution in [2.75, 3.05) is 51.8 Å². The van der Waals surface area contributed by atoms with Gasteiger partial charge in [0.25, 0.3) is 0 Å². The Balaban J connectivity index is 1.11. The summed E-state index contributed by atoms with van der Waals surface area (Å²) in [5, 5.41) is 13.6. The first-order valence-electron chi connectivity index (χ1n) is 14.1. The van der Waals surface area contributed by atoms with Crippen molar-refractivity contribution in [3.63, 3.8) is 0 Å². The lowest BCUT2D eigenvalue weighted by atomic mass is 9.85. The second kappa shape index (κ2) is 11.1. The molecule has 6 rings (SSSR count). The van der Waals surface area contributed by atoms with E-state index in [2.05, 4.69) is 21.0 Å². The fourth-order valence-corrected chi connectivity index (χ4v) is 6.57. The Morgan fingerprint density at radius 3 is 2.49 bits per heavy atom. The Hall–Kier alpha value is -3.15. The van der Waals surface area contributed by atoms with Crippen LogP contribution in [0.2, 0.25) is 0 Å². The first-order chi connectivity index (χ1) is 19.0. The van der Waals surface area contributed by atoms with Crippen molar-refractivity contribution in [2.24, 2.45) is 22.1 Å². The van der Waals surface area contributed by atoms with Crippen molar-refractivity contribution in [3.8, 4) is 0 Å². The van der Waals surface area contributed by atoms with E-state index in [0.29, 0.717) is 56.2 Å². The molecule has 1 unspecified atom stereocenters. The zero-order valence-electron chi connectivity index (χ0n) is 22.4. The van der Waals surface area contributed by atoms with Gasteiger partial charge in [-0.15, -0.1) is 0 Å². The van der Waals surface area contributed by atoms with E-state index < -0.39 is 12.1 Å². The van der Waals surface area contributed by atoms with E-state index in [9.17, 15) is 14.4 Å². The molecule has 3 amide bonds. The Morgan fingerprint density at radius 2 is 1.77 bits per heavy atom. The number of azo groups is 1. The average Bonchev–Trinajstić information content (AvgIpc) is 3.53. The molecule has 3 fully saturated rings. The summed E-state index contributed by atoms with van der Waals surface area (Å²) < 4.78 is 10.8. The number of amides is 3. The van der Waals surface area contributed by atoms with E-state index in [1.165, 1.54) is 0 Å². The smallest absolute Gasteiger partial charge is 0.333 e. The molecule has 11 heteroatoms. The van der Waals surface area contributed by atoms with E-state index in [4.69, 9.17) is 9.47 Å². The summed E-state index contributed by atoms with van der Waals surface area (Å²) in [4.78, 5) is 41.5. The van der Waals surface area contributed by atoms with Gasteiger partial charge in [-0.05, 0) is 50.2 Å². The fourth-order valence-electron chi connectivity index (χ4n) is 6.57. The van der Waals surface area contributed by atoms with E-state index >= 15 is 0 Å². The number of hydrogen-bond acceptors (Lipinski definition) is 8. The number of anilines is 1. The van der Waals surface area contributed by atoms with Gasteiger partial charge < -0.3 is 19.7 Å². The summed E-state index contributed by atoms with van der Waals surface area (Å²) in [6.07, 6.45) is 5.45. The van der Waals surface area contributed by atoms with Crippen LogP contribution in [0.5, 0.6) is 0 Å². The normalized spacial score (nSPS) is 27.5. The molecule has 39 heavy (non-hydrogen) atoms. The Labute approximate surface area is 227 Å². The third-order valence-electron chi connectivity index (χ3n) is 8.76. The number of hydrogen-bond donors (Lipinski definition) is 2. The molecule has 5 aliphatic rings. The van der Waals surface area contributed by atoms with Crippen molar-refractivity contribution in [1.29, 1.82) is 0 Å². The summed E-state index contributed by atoms with van der Waals surface area (Å²) >= 11 is 0. The molecule has 2 N–H and O–H groups in total. The molecular formula is C28H36N6O5. The number of allylic oxidation sites excluding steroid dienone is 1. The molecule has 2 aliphatic carbocycles. The first-order valence-corrected chi connectivity index (χ1v) is 14.1. The predicted molar refractivity (Wildman–Crippen MR) is 142 cm³/mol. The van der Waals surface area contributed by atoms with Crippen LogP contribution in [-0.2, 0) is 14.3 Å². The van der Waals surface area contributed by atoms with Crippen LogP contribution in [0.15, 0.2) is 39.7 Å². The van der Waals surface area contributed by atoms with Crippen LogP contribution in [0.3, 0.4) is 0 Å². The van der Waals surface area contributed by atoms with Crippen molar-refractivity contribution in [1.82, 2.24) is 15.3 Å². The number of piperidine rings is 1. The maximum atomic E-state index is 13.7. The molecule has 2 saturated heterocycles. The van der Waals surface area contributed by atoms with Gasteiger partial charge in [-0.25, -0.2) is 9.80 Å². The molecule has 0 aromatic heterocycles. The molecule has 1 saturated carbocycles. The summed E-state index contributed by atoms with van der Waals surface area (Å²) in [7, 11) is 1.74. The molecule has 3 aliphatic heterocycles. The minimum atomic E-state index is -0.429. The predicted octanol–water partition coefficient (Wildman–Crippen LogP) is 3.46. The number of nitrogens with one attached hydrogen (secondary N) is 2. The van der Waals surface area contributed by atoms with Gasteiger partial charge in [0.15, 0.2) is 5.78 Å². The molecule has 1 aromatic rings. The minimum absolute atomic E-state index is 0.0846. The lowest BCUT2D eigenvalue weighted by Crippen LogP contribution is -2.49. The van der Waals surface area contributed by atoms with E-state index in [1.54, 1.807) is 18.2 Å². The van der Waals surface area contributed by atoms with E-state index in [-0.39, 0.29) is 29.6 Å². The molecule has 3 heterocycles. The number of benzene rings is 1. The Morgan fingerprint density at radius 1 is 1.03 bits per heavy atom. The van der Waals surface area contributed by atoms with Gasteiger partial charge in [-0.2, -0.15) is 10.2 Å². The topological polar surface area (TPSA) is 125 Å². The van der Waals surface area contributed by atoms with Crippen LogP contribution < -0.4 is 10.7 Å². The number of methoxy groups -OCH3 is 1. The van der Waals surface area contributed by atoms with Crippen LogP contribution in [0.4, 0.5) is 10.5 Å². The number of Topliss-reactive ketones (excluding diaryl/α,β-unsaturated/α-hetero) is 1. The van der Waals surface area contributed by atoms with Crippen molar-refractivity contribution < 1.29 is 23.9 Å². The van der Waals surface area contributed by atoms with Gasteiger partial charge in [0.1, 0.15) is 6.04 Å². The number of ketones is 1. The third kappa shape index (κ3) is 5.10. The van der Waals surface area contributed by atoms with Crippen LogP contribution in [0.25, 0.3) is 0 Å². The van der Waals surface area contributed by atoms with E-state index in [1.807, 2.05) is 17.0 Å². The number of carbonyl (C=O) groups is 3. The van der Waals surface area contributed by atoms with Crippen molar-refractivity contribution in [3.05, 3.63) is 40.6 Å². The molecule has 0 radical (unpaired) electrons. The third-order valence-corrected chi connectivity index (χ3v) is 8.76. The summed E-state index contributed by atoms with van der Waals surface area (Å²) in [5.74, 6) is 0.303. The number of urea groups is 1. The van der Waals surface area contributed by atoms with Crippen LogP contribution >= 0.6 is 0 Å². The second-order valence-electron chi connectivity index (χ2n) is 11.0. The number of fused-ring (bicyclic) bond motifs is 3. The standard InChI is InChI=1S/C28H36N6O5/c1-38-19-7-5-18(6-8-19)27(36)33-11-9-17(10-12-33)24-23-25(31-30-24)20-3-2-4-21(22(20)26(23)35)29-28(37)32-34-13-15-39-16-14-34/h2-4,17-19,25H,5-16H2,1H3,(H2,29,32,37). The fraction of sp³-hybridized carbons (Fsp3) is 0.607. The van der Waals surface area contributed by atoms with Crippen LogP contribution in [0.1, 0.15) is 60.5 Å². The number of morpholine rings is 1. The second-order valence-corrected chi connectivity index (χ2v) is 11.0. The van der Waals surface area contributed by atoms with Crippen LogP contribution in [-0.4, -0.2) is 80.2 Å². The van der Waals surface area contributed by atoms with Gasteiger partial charge in [0, 0.05) is 45.1 Å². The van der Waals surface area contributed by atoms with Gasteiger partial charge >= 0.3 is 6.03 Å². The molecular weight excluding hydrogens is 500 g/mol. The first kappa shape index (κ1) is 26.1. The molecule has 208 valence electrons. The Kier molecular flexibility index (Phi) is 7.46. The molecule has 11 nitrogen and oxygen atoms in total. The highest BCUT2D eigenvalue weighted by molar-refractivity contribution is 6.19. The zero-order valence-corrected chi connectivity index (χ0v) is 22.4. The molecule has 1 aromatic carbocycles. The SMILES string of the molecule is COC1CCC(C(=O)N2CCC(C3=C4C(=O)c5c(NC(=O)NN6CCOCC6)cccc5C4N=N3)CC2)CC1. The zero-order chi connectivity index (χ0) is 26.9. The number of nitrogens with zero attached hydrogens (tertiary/aromatic N) is 4. The average molecular weight is 537 g/mol. The molecule has 1 atom stereocenters. The number of carbonyl (C=O) groups excluding carboxylic acids is 3. The van der Waals surface area contributed by atoms with Gasteiger partial charge in [-0.3, -0.25) is 15.0 Å². The maximum Gasteiger partial charge on any atom is 0.333 e. The minimum Gasteiger partial charge on any atom is -0.381 e. The van der Waals surface area contributed by atoms with Crippen molar-refractivity contribution >= 4 is 23.4 Å². The lowest BCUT2D eigenvalue weighted by Gasteiger charge is -2.36. The number of likely N-dealkylation sites (tertiary alicyclic amines) is 1. The molecule has 0 spiro atoms. The number of hydrazine groups is 1. The van der Waals surface area contributed by atoms with Crippen molar-refractivity contribution in [2.45, 2.75) is 50.7 Å². The summed E-state index contributed by atoms with van der Waals surface area (Å²) in [6, 6.07) is 4.65. The van der Waals surface area contributed by atoms with Gasteiger partial charge in [0.2, 0.25) is 5.91 Å². The largest absolute Gasteiger partial charge is 0.381 e. The monoisotopic (exact) mass is 536 g/mol. The van der Waals surface area contributed by atoms with Crippen LogP contribution in [0, 0.1) is 11.8 Å².